The highest BCUT2D eigenvalue weighted by Gasteiger charge is 2.12. The second-order valence-corrected chi connectivity index (χ2v) is 6.93. The molecule has 0 saturated heterocycles. The van der Waals surface area contributed by atoms with Crippen LogP contribution in [0.2, 0.25) is 5.02 Å². The van der Waals surface area contributed by atoms with Crippen LogP contribution in [0, 0.1) is 0 Å². The topological polar surface area (TPSA) is 124 Å². The molecule has 1 heterocycles. The molecule has 3 rings (SSSR count). The lowest BCUT2D eigenvalue weighted by Gasteiger charge is -2.10. The summed E-state index contributed by atoms with van der Waals surface area (Å²) in [5.41, 5.74) is 0.692. The van der Waals surface area contributed by atoms with Gasteiger partial charge >= 0.3 is 17.7 Å². The first-order valence-electron chi connectivity index (χ1n) is 9.55. The Bertz CT molecular complexity index is 1210. The highest BCUT2D eigenvalue weighted by molar-refractivity contribution is 6.30. The van der Waals surface area contributed by atoms with E-state index in [1.807, 2.05) is 0 Å². The van der Waals surface area contributed by atoms with Gasteiger partial charge in [-0.25, -0.2) is 9.59 Å². The Morgan fingerprint density at radius 3 is 2.50 bits per heavy atom. The molecular formula is C22H19ClN2O7. The number of esters is 1. The van der Waals surface area contributed by atoms with Crippen LogP contribution in [0.4, 0.5) is 10.5 Å². The Balaban J connectivity index is 1.63. The lowest BCUT2D eigenvalue weighted by atomic mass is 10.1. The van der Waals surface area contributed by atoms with Crippen molar-refractivity contribution in [1.29, 1.82) is 0 Å². The molecule has 0 fully saturated rings. The van der Waals surface area contributed by atoms with Crippen LogP contribution in [-0.2, 0) is 20.9 Å². The van der Waals surface area contributed by atoms with Crippen molar-refractivity contribution >= 4 is 46.2 Å². The molecule has 0 aliphatic carbocycles. The lowest BCUT2D eigenvalue weighted by molar-refractivity contribution is -0.143. The summed E-state index contributed by atoms with van der Waals surface area (Å²) in [4.78, 5) is 47.5. The van der Waals surface area contributed by atoms with E-state index in [1.54, 1.807) is 31.2 Å². The molecule has 0 aliphatic rings. The number of halogens is 1. The zero-order valence-electron chi connectivity index (χ0n) is 17.0. The lowest BCUT2D eigenvalue weighted by Crippen LogP contribution is -2.30. The van der Waals surface area contributed by atoms with Crippen LogP contribution >= 0.6 is 11.6 Å². The molecule has 0 unspecified atom stereocenters. The fourth-order valence-electron chi connectivity index (χ4n) is 2.78. The Kier molecular flexibility index (Phi) is 7.45. The molecule has 166 valence electrons. The smallest absolute Gasteiger partial charge is 0.411 e. The van der Waals surface area contributed by atoms with E-state index < -0.39 is 23.6 Å². The summed E-state index contributed by atoms with van der Waals surface area (Å²) in [6.45, 7) is 1.33. The van der Waals surface area contributed by atoms with E-state index in [-0.39, 0.29) is 25.3 Å². The van der Waals surface area contributed by atoms with Crippen molar-refractivity contribution in [3.63, 3.8) is 0 Å². The van der Waals surface area contributed by atoms with E-state index >= 15 is 0 Å². The van der Waals surface area contributed by atoms with Gasteiger partial charge in [-0.15, -0.1) is 0 Å². The van der Waals surface area contributed by atoms with Crippen LogP contribution in [0.5, 0.6) is 0 Å². The van der Waals surface area contributed by atoms with Crippen LogP contribution in [-0.4, -0.2) is 31.1 Å². The fraction of sp³-hybridized carbons (Fsp3) is 0.182. The van der Waals surface area contributed by atoms with Crippen molar-refractivity contribution in [2.24, 2.45) is 0 Å². The summed E-state index contributed by atoms with van der Waals surface area (Å²) in [7, 11) is 0. The van der Waals surface area contributed by atoms with Gasteiger partial charge in [-0.2, -0.15) is 0 Å². The Hall–Kier alpha value is -3.85. The molecule has 2 amide bonds. The van der Waals surface area contributed by atoms with E-state index in [9.17, 15) is 19.2 Å². The predicted octanol–water partition coefficient (Wildman–Crippen LogP) is 3.49. The molecule has 3 aromatic rings. The standard InChI is InChI=1S/C22H19ClN2O7/c1-2-30-22(29)25-16-7-8-17-14(9-19(26)32-18(17)10-16)12-31-20(27)11-24-21(28)13-3-5-15(23)6-4-13/h3-10H,2,11-12H2,1H3,(H,24,28)(H,25,29). The number of anilines is 1. The second kappa shape index (κ2) is 10.5. The molecule has 0 aliphatic heterocycles. The quantitative estimate of drug-likeness (QED) is 0.410. The molecular weight excluding hydrogens is 440 g/mol. The first-order valence-corrected chi connectivity index (χ1v) is 9.93. The van der Waals surface area contributed by atoms with Crippen molar-refractivity contribution in [3.8, 4) is 0 Å². The van der Waals surface area contributed by atoms with Gasteiger partial charge in [0.1, 0.15) is 18.7 Å². The number of amides is 2. The average Bonchev–Trinajstić information content (AvgIpc) is 2.76. The normalized spacial score (nSPS) is 10.4. The molecule has 0 saturated carbocycles. The number of fused-ring (bicyclic) bond motifs is 1. The third-order valence-electron chi connectivity index (χ3n) is 4.24. The summed E-state index contributed by atoms with van der Waals surface area (Å²) in [6.07, 6.45) is -0.639. The van der Waals surface area contributed by atoms with Gasteiger partial charge in [0.25, 0.3) is 5.91 Å². The van der Waals surface area contributed by atoms with Crippen LogP contribution < -0.4 is 16.3 Å². The van der Waals surface area contributed by atoms with Crippen molar-refractivity contribution in [2.45, 2.75) is 13.5 Å². The van der Waals surface area contributed by atoms with Gasteiger partial charge in [-0.3, -0.25) is 14.9 Å². The Morgan fingerprint density at radius 1 is 1.03 bits per heavy atom. The SMILES string of the molecule is CCOC(=O)Nc1ccc2c(COC(=O)CNC(=O)c3ccc(Cl)cc3)cc(=O)oc2c1. The minimum absolute atomic E-state index is 0.203. The number of ether oxygens (including phenoxy) is 2. The van der Waals surface area contributed by atoms with Gasteiger partial charge in [0.15, 0.2) is 0 Å². The zero-order valence-corrected chi connectivity index (χ0v) is 17.7. The first-order chi connectivity index (χ1) is 15.4. The highest BCUT2D eigenvalue weighted by atomic mass is 35.5. The van der Waals surface area contributed by atoms with Gasteiger partial charge in [0.2, 0.25) is 0 Å². The fourth-order valence-corrected chi connectivity index (χ4v) is 2.90. The Morgan fingerprint density at radius 2 is 1.78 bits per heavy atom. The molecule has 0 spiro atoms. The van der Waals surface area contributed by atoms with Crippen LogP contribution in [0.25, 0.3) is 11.0 Å². The summed E-state index contributed by atoms with van der Waals surface area (Å²) in [5, 5.41) is 5.98. The van der Waals surface area contributed by atoms with E-state index in [4.69, 9.17) is 25.5 Å². The molecule has 2 aromatic carbocycles. The number of carbonyl (C=O) groups is 3. The van der Waals surface area contributed by atoms with Crippen LogP contribution in [0.15, 0.2) is 57.7 Å². The van der Waals surface area contributed by atoms with Crippen molar-refractivity contribution < 1.29 is 28.3 Å². The van der Waals surface area contributed by atoms with Crippen LogP contribution in [0.3, 0.4) is 0 Å². The van der Waals surface area contributed by atoms with E-state index in [1.165, 1.54) is 24.3 Å². The third-order valence-corrected chi connectivity index (χ3v) is 4.49. The highest BCUT2D eigenvalue weighted by Crippen LogP contribution is 2.22. The number of rotatable bonds is 7. The van der Waals surface area contributed by atoms with Gasteiger partial charge in [0.05, 0.1) is 6.61 Å². The molecule has 10 heteroatoms. The largest absolute Gasteiger partial charge is 0.459 e. The summed E-state index contributed by atoms with van der Waals surface area (Å²) in [6, 6.07) is 12.1. The van der Waals surface area contributed by atoms with E-state index in [0.29, 0.717) is 27.2 Å². The number of benzene rings is 2. The third kappa shape index (κ3) is 6.08. The number of carbonyl (C=O) groups excluding carboxylic acids is 3. The van der Waals surface area contributed by atoms with Crippen molar-refractivity contribution in [3.05, 3.63) is 75.1 Å². The van der Waals surface area contributed by atoms with E-state index in [2.05, 4.69) is 10.6 Å². The monoisotopic (exact) mass is 458 g/mol. The summed E-state index contributed by atoms with van der Waals surface area (Å²) >= 11 is 5.78. The predicted molar refractivity (Wildman–Crippen MR) is 117 cm³/mol. The molecule has 32 heavy (non-hydrogen) atoms. The molecule has 0 atom stereocenters. The minimum atomic E-state index is -0.686. The number of nitrogens with one attached hydrogen (secondary N) is 2. The second-order valence-electron chi connectivity index (χ2n) is 6.50. The number of hydrogen-bond donors (Lipinski definition) is 2. The first kappa shape index (κ1) is 22.8. The maximum atomic E-state index is 12.0. The zero-order chi connectivity index (χ0) is 23.1. The molecule has 2 N–H and O–H groups in total. The summed E-state index contributed by atoms with van der Waals surface area (Å²) < 4.78 is 15.2. The van der Waals surface area contributed by atoms with E-state index in [0.717, 1.165) is 0 Å². The molecule has 9 nitrogen and oxygen atoms in total. The van der Waals surface area contributed by atoms with Crippen molar-refractivity contribution in [2.75, 3.05) is 18.5 Å². The minimum Gasteiger partial charge on any atom is -0.459 e. The van der Waals surface area contributed by atoms with Gasteiger partial charge < -0.3 is 19.2 Å². The average molecular weight is 459 g/mol. The Labute approximate surface area is 187 Å². The van der Waals surface area contributed by atoms with Crippen LogP contribution in [0.1, 0.15) is 22.8 Å². The van der Waals surface area contributed by atoms with Gasteiger partial charge in [0, 0.05) is 39.4 Å². The maximum Gasteiger partial charge on any atom is 0.411 e. The summed E-state index contributed by atoms with van der Waals surface area (Å²) in [5.74, 6) is -1.14. The van der Waals surface area contributed by atoms with Gasteiger partial charge in [-0.05, 0) is 43.3 Å². The van der Waals surface area contributed by atoms with Gasteiger partial charge in [-0.1, -0.05) is 11.6 Å². The molecule has 1 aromatic heterocycles. The molecule has 0 bridgehead atoms. The van der Waals surface area contributed by atoms with Crippen molar-refractivity contribution in [1.82, 2.24) is 5.32 Å². The maximum absolute atomic E-state index is 12.0. The number of hydrogen-bond acceptors (Lipinski definition) is 7. The molecule has 0 radical (unpaired) electrons.